The molecule has 2 heterocycles. The fraction of sp³-hybridized carbons (Fsp3) is 0.0400. The number of benzene rings is 3. The van der Waals surface area contributed by atoms with E-state index in [1.807, 2.05) is 0 Å². The Morgan fingerprint density at radius 3 is 2.38 bits per heavy atom. The molecule has 39 heavy (non-hydrogen) atoms. The minimum Gasteiger partial charge on any atom is -0.406 e. The normalized spacial score (nSPS) is 11.3. The van der Waals surface area contributed by atoms with Gasteiger partial charge in [-0.25, -0.2) is 19.1 Å². The van der Waals surface area contributed by atoms with E-state index in [0.29, 0.717) is 44.3 Å². The second-order valence-electron chi connectivity index (χ2n) is 7.93. The summed E-state index contributed by atoms with van der Waals surface area (Å²) in [7, 11) is 0. The van der Waals surface area contributed by atoms with Crippen LogP contribution < -0.4 is 15.4 Å². The molecule has 0 atom stereocenters. The summed E-state index contributed by atoms with van der Waals surface area (Å²) in [4.78, 5) is 16.9. The van der Waals surface area contributed by atoms with Gasteiger partial charge < -0.3 is 10.1 Å². The van der Waals surface area contributed by atoms with E-state index in [4.69, 9.17) is 23.2 Å². The van der Waals surface area contributed by atoms with Crippen molar-refractivity contribution in [3.05, 3.63) is 95.4 Å². The van der Waals surface area contributed by atoms with Crippen LogP contribution in [0.25, 0.3) is 22.8 Å². The molecule has 0 radical (unpaired) electrons. The largest absolute Gasteiger partial charge is 0.573 e. The van der Waals surface area contributed by atoms with Crippen LogP contribution in [0.3, 0.4) is 0 Å². The molecular weight excluding hydrogens is 558 g/mol. The van der Waals surface area contributed by atoms with Crippen LogP contribution in [0.2, 0.25) is 10.0 Å². The highest BCUT2D eigenvalue weighted by atomic mass is 35.5. The maximum Gasteiger partial charge on any atom is 0.573 e. The molecule has 0 spiro atoms. The number of carbonyl (C=O) groups is 1. The van der Waals surface area contributed by atoms with Gasteiger partial charge in [0.2, 0.25) is 0 Å². The number of alkyl halides is 3. The van der Waals surface area contributed by atoms with Crippen molar-refractivity contribution in [3.8, 4) is 28.5 Å². The quantitative estimate of drug-likeness (QED) is 0.228. The Labute approximate surface area is 228 Å². The number of halogens is 5. The third-order valence-electron chi connectivity index (χ3n) is 5.25. The first kappa shape index (κ1) is 26.1. The van der Waals surface area contributed by atoms with Crippen LogP contribution in [0.5, 0.6) is 5.75 Å². The van der Waals surface area contributed by atoms with E-state index in [1.165, 1.54) is 46.2 Å². The van der Waals surface area contributed by atoms with Gasteiger partial charge in [-0.2, -0.15) is 5.10 Å². The van der Waals surface area contributed by atoms with Crippen molar-refractivity contribution in [2.75, 3.05) is 10.6 Å². The van der Waals surface area contributed by atoms with E-state index in [9.17, 15) is 18.0 Å². The first-order valence-corrected chi connectivity index (χ1v) is 11.9. The lowest BCUT2D eigenvalue weighted by molar-refractivity contribution is -0.274. The molecule has 0 aliphatic heterocycles. The first-order valence-electron chi connectivity index (χ1n) is 11.1. The van der Waals surface area contributed by atoms with Gasteiger partial charge in [0.05, 0.1) is 22.6 Å². The molecule has 0 aliphatic rings. The van der Waals surface area contributed by atoms with Crippen LogP contribution in [0, 0.1) is 0 Å². The smallest absolute Gasteiger partial charge is 0.406 e. The maximum atomic E-state index is 12.6. The molecule has 14 heteroatoms. The van der Waals surface area contributed by atoms with E-state index in [0.717, 1.165) is 0 Å². The van der Waals surface area contributed by atoms with Crippen molar-refractivity contribution in [1.82, 2.24) is 24.5 Å². The third kappa shape index (κ3) is 6.30. The second kappa shape index (κ2) is 10.7. The molecule has 5 aromatic rings. The van der Waals surface area contributed by atoms with E-state index >= 15 is 0 Å². The lowest BCUT2D eigenvalue weighted by atomic mass is 10.2. The van der Waals surface area contributed by atoms with Crippen molar-refractivity contribution in [3.63, 3.8) is 0 Å². The Kier molecular flexibility index (Phi) is 7.13. The zero-order chi connectivity index (χ0) is 27.6. The number of hydrogen-bond acceptors (Lipinski definition) is 5. The Morgan fingerprint density at radius 1 is 0.923 bits per heavy atom. The van der Waals surface area contributed by atoms with Crippen molar-refractivity contribution in [1.29, 1.82) is 0 Å². The van der Waals surface area contributed by atoms with Gasteiger partial charge >= 0.3 is 12.4 Å². The summed E-state index contributed by atoms with van der Waals surface area (Å²) in [5.41, 5.74) is 2.16. The van der Waals surface area contributed by atoms with Gasteiger partial charge in [0.15, 0.2) is 5.82 Å². The molecule has 0 fully saturated rings. The minimum absolute atomic E-state index is 0.337. The van der Waals surface area contributed by atoms with Gasteiger partial charge in [0, 0.05) is 22.3 Å². The topological polar surface area (TPSA) is 98.9 Å². The van der Waals surface area contributed by atoms with E-state index < -0.39 is 12.4 Å². The zero-order valence-electron chi connectivity index (χ0n) is 19.5. The number of ether oxygens (including phenoxy) is 1. The summed E-state index contributed by atoms with van der Waals surface area (Å²) >= 11 is 12.3. The van der Waals surface area contributed by atoms with E-state index in [2.05, 4.69) is 30.6 Å². The average molecular weight is 574 g/mol. The van der Waals surface area contributed by atoms with Crippen LogP contribution in [0.15, 0.2) is 85.3 Å². The van der Waals surface area contributed by atoms with Gasteiger partial charge in [0.25, 0.3) is 0 Å². The fourth-order valence-electron chi connectivity index (χ4n) is 3.54. The molecule has 0 bridgehead atoms. The molecule has 2 N–H and O–H groups in total. The summed E-state index contributed by atoms with van der Waals surface area (Å²) < 4.78 is 43.8. The minimum atomic E-state index is -4.77. The van der Waals surface area contributed by atoms with E-state index in [-0.39, 0.29) is 5.75 Å². The summed E-state index contributed by atoms with van der Waals surface area (Å²) in [6.07, 6.45) is -1.82. The highest BCUT2D eigenvalue weighted by Gasteiger charge is 2.31. The second-order valence-corrected chi connectivity index (χ2v) is 8.78. The molecular formula is C25H16Cl2F3N7O2. The fourth-order valence-corrected chi connectivity index (χ4v) is 3.90. The van der Waals surface area contributed by atoms with Crippen LogP contribution in [0.1, 0.15) is 0 Å². The number of carbonyl (C=O) groups excluding carboxylic acids is 1. The van der Waals surface area contributed by atoms with E-state index in [1.54, 1.807) is 48.5 Å². The molecule has 0 saturated heterocycles. The highest BCUT2D eigenvalue weighted by molar-refractivity contribution is 6.34. The van der Waals surface area contributed by atoms with Crippen LogP contribution in [-0.4, -0.2) is 36.9 Å². The number of amides is 2. The summed E-state index contributed by atoms with van der Waals surface area (Å²) in [6.45, 7) is 0. The van der Waals surface area contributed by atoms with Gasteiger partial charge in [-0.15, -0.1) is 18.3 Å². The standard InChI is InChI=1S/C25H16Cl2F3N7O2/c26-16-3-10-20(27)21(13-16)37-22(11-12-32-37)34-24(38)33-17-4-1-15(2-5-17)23-31-14-36(35-23)18-6-8-19(9-7-18)39-25(28,29)30/h1-14H,(H2,33,34,38). The predicted molar refractivity (Wildman–Crippen MR) is 140 cm³/mol. The predicted octanol–water partition coefficient (Wildman–Crippen LogP) is 6.97. The van der Waals surface area contributed by atoms with Gasteiger partial charge in [-0.1, -0.05) is 23.2 Å². The van der Waals surface area contributed by atoms with Crippen LogP contribution in [0.4, 0.5) is 29.5 Å². The van der Waals surface area contributed by atoms with Crippen molar-refractivity contribution >= 4 is 40.7 Å². The number of nitrogens with one attached hydrogen (secondary N) is 2. The Balaban J connectivity index is 1.23. The molecule has 9 nitrogen and oxygen atoms in total. The molecule has 0 saturated carbocycles. The first-order chi connectivity index (χ1) is 18.6. The average Bonchev–Trinajstić information content (AvgIpc) is 3.56. The van der Waals surface area contributed by atoms with Gasteiger partial charge in [-0.3, -0.25) is 5.32 Å². The lowest BCUT2D eigenvalue weighted by Crippen LogP contribution is -2.21. The number of aromatic nitrogens is 5. The summed E-state index contributed by atoms with van der Waals surface area (Å²) in [5, 5.41) is 14.9. The molecule has 3 aromatic carbocycles. The van der Waals surface area contributed by atoms with Gasteiger partial charge in [0.1, 0.15) is 17.9 Å². The number of urea groups is 1. The molecule has 2 aromatic heterocycles. The Bertz CT molecular complexity index is 1620. The molecule has 2 amide bonds. The van der Waals surface area contributed by atoms with Crippen molar-refractivity contribution < 1.29 is 22.7 Å². The molecule has 5 rings (SSSR count). The number of hydrogen-bond donors (Lipinski definition) is 2. The Hall–Kier alpha value is -4.55. The number of anilines is 2. The molecule has 0 unspecified atom stereocenters. The van der Waals surface area contributed by atoms with Crippen molar-refractivity contribution in [2.45, 2.75) is 6.36 Å². The lowest BCUT2D eigenvalue weighted by Gasteiger charge is -2.11. The molecule has 198 valence electrons. The summed E-state index contributed by atoms with van der Waals surface area (Å²) in [5.74, 6) is 0.418. The van der Waals surface area contributed by atoms with Crippen LogP contribution in [-0.2, 0) is 0 Å². The van der Waals surface area contributed by atoms with Crippen LogP contribution >= 0.6 is 23.2 Å². The maximum absolute atomic E-state index is 12.6. The number of rotatable bonds is 6. The third-order valence-corrected chi connectivity index (χ3v) is 5.80. The van der Waals surface area contributed by atoms with Crippen molar-refractivity contribution in [2.24, 2.45) is 0 Å². The number of nitrogens with zero attached hydrogens (tertiary/aromatic N) is 5. The Morgan fingerprint density at radius 2 is 1.67 bits per heavy atom. The molecule has 0 aliphatic carbocycles. The summed E-state index contributed by atoms with van der Waals surface area (Å²) in [6, 6.07) is 18.0. The SMILES string of the molecule is O=C(Nc1ccc(-c2ncn(-c3ccc(OC(F)(F)F)cc3)n2)cc1)Nc1ccnn1-c1cc(Cl)ccc1Cl. The zero-order valence-corrected chi connectivity index (χ0v) is 21.0. The highest BCUT2D eigenvalue weighted by Crippen LogP contribution is 2.27. The monoisotopic (exact) mass is 573 g/mol. The van der Waals surface area contributed by atoms with Gasteiger partial charge in [-0.05, 0) is 66.7 Å².